The van der Waals surface area contributed by atoms with Gasteiger partial charge >= 0.3 is 0 Å². The maximum absolute atomic E-state index is 5.82. The Kier molecular flexibility index (Phi) is 2.71. The largest absolute Gasteiger partial charge is 0.489 e. The number of ether oxygens (including phenoxy) is 1. The van der Waals surface area contributed by atoms with Crippen LogP contribution in [-0.4, -0.2) is 6.61 Å². The van der Waals surface area contributed by atoms with E-state index in [1.165, 1.54) is 16.7 Å². The number of hydrogen-bond acceptors (Lipinski definition) is 2. The zero-order valence-corrected chi connectivity index (χ0v) is 10.7. The van der Waals surface area contributed by atoms with Crippen molar-refractivity contribution in [1.29, 1.82) is 0 Å². The third-order valence-electron chi connectivity index (χ3n) is 3.31. The Balaban J connectivity index is 1.90. The summed E-state index contributed by atoms with van der Waals surface area (Å²) in [7, 11) is 0. The van der Waals surface area contributed by atoms with Crippen molar-refractivity contribution in [3.05, 3.63) is 59.2 Å². The molecule has 0 radical (unpaired) electrons. The predicted molar refractivity (Wildman–Crippen MR) is 74.2 cm³/mol. The van der Waals surface area contributed by atoms with E-state index < -0.39 is 0 Å². The lowest BCUT2D eigenvalue weighted by molar-refractivity contribution is 0.286. The maximum atomic E-state index is 5.82. The highest BCUT2D eigenvalue weighted by molar-refractivity contribution is 5.60. The van der Waals surface area contributed by atoms with E-state index in [2.05, 4.69) is 55.6 Å². The number of fused-ring (bicyclic) bond motifs is 1. The molecule has 2 heteroatoms. The molecule has 3 rings (SSSR count). The van der Waals surface area contributed by atoms with Gasteiger partial charge in [0.1, 0.15) is 12.4 Å². The number of aryl methyl sites for hydroxylation is 2. The van der Waals surface area contributed by atoms with Gasteiger partial charge in [-0.05, 0) is 37.1 Å². The number of anilines is 1. The number of benzene rings is 2. The fraction of sp³-hybridized carbons (Fsp3) is 0.250. The van der Waals surface area contributed by atoms with Crippen LogP contribution in [0.5, 0.6) is 5.75 Å². The first-order valence-corrected chi connectivity index (χ1v) is 6.29. The van der Waals surface area contributed by atoms with Crippen LogP contribution in [0, 0.1) is 13.8 Å². The predicted octanol–water partition coefficient (Wildman–Crippen LogP) is 3.85. The van der Waals surface area contributed by atoms with Gasteiger partial charge in [-0.3, -0.25) is 0 Å². The van der Waals surface area contributed by atoms with Crippen LogP contribution in [-0.2, 0) is 0 Å². The first-order chi connectivity index (χ1) is 8.72. The highest BCUT2D eigenvalue weighted by Crippen LogP contribution is 2.34. The van der Waals surface area contributed by atoms with Gasteiger partial charge in [0, 0.05) is 0 Å². The zero-order chi connectivity index (χ0) is 12.5. The van der Waals surface area contributed by atoms with E-state index in [4.69, 9.17) is 4.74 Å². The van der Waals surface area contributed by atoms with Gasteiger partial charge in [0.05, 0.1) is 11.7 Å². The lowest BCUT2D eigenvalue weighted by Gasteiger charge is -2.28. The van der Waals surface area contributed by atoms with Gasteiger partial charge in [0.25, 0.3) is 0 Å². The Hall–Kier alpha value is -1.96. The van der Waals surface area contributed by atoms with Crippen LogP contribution in [0.15, 0.2) is 42.5 Å². The van der Waals surface area contributed by atoms with Crippen molar-refractivity contribution in [3.63, 3.8) is 0 Å². The zero-order valence-electron chi connectivity index (χ0n) is 10.7. The fourth-order valence-electron chi connectivity index (χ4n) is 2.35. The van der Waals surface area contributed by atoms with E-state index in [1.54, 1.807) is 0 Å². The summed E-state index contributed by atoms with van der Waals surface area (Å²) in [6.07, 6.45) is 0. The summed E-state index contributed by atoms with van der Waals surface area (Å²) in [6, 6.07) is 15.0. The number of nitrogens with one attached hydrogen (secondary N) is 1. The number of hydrogen-bond donors (Lipinski definition) is 1. The molecule has 2 aromatic carbocycles. The molecule has 0 aliphatic carbocycles. The molecular weight excluding hydrogens is 222 g/mol. The first kappa shape index (κ1) is 11.1. The second-order valence-corrected chi connectivity index (χ2v) is 4.92. The van der Waals surface area contributed by atoms with Crippen molar-refractivity contribution in [2.24, 2.45) is 0 Å². The van der Waals surface area contributed by atoms with Gasteiger partial charge in [0.2, 0.25) is 0 Å². The van der Waals surface area contributed by atoms with Crippen LogP contribution in [0.3, 0.4) is 0 Å². The van der Waals surface area contributed by atoms with Gasteiger partial charge < -0.3 is 10.1 Å². The Morgan fingerprint density at radius 2 is 1.89 bits per heavy atom. The van der Waals surface area contributed by atoms with E-state index in [-0.39, 0.29) is 6.04 Å². The van der Waals surface area contributed by atoms with Crippen molar-refractivity contribution in [2.45, 2.75) is 19.9 Å². The summed E-state index contributed by atoms with van der Waals surface area (Å²) >= 11 is 0. The molecule has 18 heavy (non-hydrogen) atoms. The highest BCUT2D eigenvalue weighted by Gasteiger charge is 2.20. The molecule has 1 heterocycles. The first-order valence-electron chi connectivity index (χ1n) is 6.29. The van der Waals surface area contributed by atoms with E-state index >= 15 is 0 Å². The lowest BCUT2D eigenvalue weighted by atomic mass is 10.0. The molecule has 92 valence electrons. The van der Waals surface area contributed by atoms with Crippen LogP contribution in [0.4, 0.5) is 5.69 Å². The molecular formula is C16H17NO. The molecule has 2 nitrogen and oxygen atoms in total. The summed E-state index contributed by atoms with van der Waals surface area (Å²) in [6.45, 7) is 4.89. The van der Waals surface area contributed by atoms with Gasteiger partial charge in [-0.15, -0.1) is 0 Å². The third kappa shape index (κ3) is 2.06. The maximum Gasteiger partial charge on any atom is 0.142 e. The molecule has 1 unspecified atom stereocenters. The second-order valence-electron chi connectivity index (χ2n) is 4.92. The molecule has 0 saturated carbocycles. The molecule has 1 aliphatic rings. The van der Waals surface area contributed by atoms with Gasteiger partial charge in [-0.25, -0.2) is 0 Å². The molecule has 1 N–H and O–H groups in total. The minimum Gasteiger partial charge on any atom is -0.489 e. The Morgan fingerprint density at radius 3 is 2.72 bits per heavy atom. The summed E-state index contributed by atoms with van der Waals surface area (Å²) < 4.78 is 5.82. The molecule has 1 aliphatic heterocycles. The van der Waals surface area contributed by atoms with Crippen molar-refractivity contribution >= 4 is 5.69 Å². The summed E-state index contributed by atoms with van der Waals surface area (Å²) in [5.74, 6) is 0.949. The molecule has 0 fully saturated rings. The molecule has 2 aromatic rings. The molecule has 1 atom stereocenters. The monoisotopic (exact) mass is 239 g/mol. The van der Waals surface area contributed by atoms with Crippen LogP contribution < -0.4 is 10.1 Å². The SMILES string of the molecule is Cc1cccc(C2COc3ccc(C)cc3N2)c1. The molecule has 0 aromatic heterocycles. The third-order valence-corrected chi connectivity index (χ3v) is 3.31. The van der Waals surface area contributed by atoms with E-state index in [0.717, 1.165) is 11.4 Å². The number of rotatable bonds is 1. The fourth-order valence-corrected chi connectivity index (χ4v) is 2.35. The summed E-state index contributed by atoms with van der Waals surface area (Å²) in [5, 5.41) is 3.56. The normalized spacial score (nSPS) is 17.6. The average Bonchev–Trinajstić information content (AvgIpc) is 2.38. The Morgan fingerprint density at radius 1 is 1.06 bits per heavy atom. The van der Waals surface area contributed by atoms with E-state index in [9.17, 15) is 0 Å². The summed E-state index contributed by atoms with van der Waals surface area (Å²) in [4.78, 5) is 0. The Labute approximate surface area is 108 Å². The van der Waals surface area contributed by atoms with Crippen LogP contribution >= 0.6 is 0 Å². The minimum atomic E-state index is 0.235. The molecule has 0 bridgehead atoms. The quantitative estimate of drug-likeness (QED) is 0.816. The van der Waals surface area contributed by atoms with Crippen LogP contribution in [0.2, 0.25) is 0 Å². The molecule has 0 spiro atoms. The van der Waals surface area contributed by atoms with E-state index in [0.29, 0.717) is 6.61 Å². The van der Waals surface area contributed by atoms with Crippen LogP contribution in [0.1, 0.15) is 22.7 Å². The highest BCUT2D eigenvalue weighted by atomic mass is 16.5. The summed E-state index contributed by atoms with van der Waals surface area (Å²) in [5.41, 5.74) is 4.90. The van der Waals surface area contributed by atoms with Crippen molar-refractivity contribution < 1.29 is 4.74 Å². The van der Waals surface area contributed by atoms with Gasteiger partial charge in [0.15, 0.2) is 0 Å². The Bertz CT molecular complexity index is 577. The minimum absolute atomic E-state index is 0.235. The second kappa shape index (κ2) is 4.37. The molecule has 0 saturated heterocycles. The van der Waals surface area contributed by atoms with Gasteiger partial charge in [-0.2, -0.15) is 0 Å². The average molecular weight is 239 g/mol. The topological polar surface area (TPSA) is 21.3 Å². The standard InChI is InChI=1S/C16H17NO/c1-11-4-3-5-13(8-11)15-10-18-16-7-6-12(2)9-14(16)17-15/h3-9,15,17H,10H2,1-2H3. The van der Waals surface area contributed by atoms with Crippen LogP contribution in [0.25, 0.3) is 0 Å². The lowest BCUT2D eigenvalue weighted by Crippen LogP contribution is -2.24. The smallest absolute Gasteiger partial charge is 0.142 e. The van der Waals surface area contributed by atoms with E-state index in [1.807, 2.05) is 6.07 Å². The van der Waals surface area contributed by atoms with Gasteiger partial charge in [-0.1, -0.05) is 35.9 Å². The van der Waals surface area contributed by atoms with Crippen molar-refractivity contribution in [3.8, 4) is 5.75 Å². The van der Waals surface area contributed by atoms with Crippen molar-refractivity contribution in [1.82, 2.24) is 0 Å². The van der Waals surface area contributed by atoms with Crippen molar-refractivity contribution in [2.75, 3.05) is 11.9 Å². The molecule has 0 amide bonds.